The first-order valence-electron chi connectivity index (χ1n) is 4.25. The van der Waals surface area contributed by atoms with E-state index in [1.807, 2.05) is 20.8 Å². The lowest BCUT2D eigenvalue weighted by Crippen LogP contribution is -2.01. The molecule has 0 saturated heterocycles. The highest BCUT2D eigenvalue weighted by Gasteiger charge is 2.04. The van der Waals surface area contributed by atoms with Gasteiger partial charge in [0.1, 0.15) is 11.6 Å². The summed E-state index contributed by atoms with van der Waals surface area (Å²) in [5.74, 6) is 1.68. The molecule has 0 aliphatic carbocycles. The van der Waals surface area contributed by atoms with Crippen molar-refractivity contribution in [1.82, 2.24) is 19.6 Å². The molecule has 0 saturated carbocycles. The summed E-state index contributed by atoms with van der Waals surface area (Å²) >= 11 is 2.60. The van der Waals surface area contributed by atoms with E-state index < -0.39 is 0 Å². The molecule has 4 nitrogen and oxygen atoms in total. The van der Waals surface area contributed by atoms with Crippen molar-refractivity contribution in [1.29, 1.82) is 0 Å². The Morgan fingerprint density at radius 1 is 1.33 bits per heavy atom. The zero-order chi connectivity index (χ0) is 11.4. The molecule has 2 rings (SSSR count). The van der Waals surface area contributed by atoms with Crippen molar-refractivity contribution in [2.75, 3.05) is 0 Å². The average molecular weight is 430 g/mol. The first-order valence-corrected chi connectivity index (χ1v) is 12.1. The van der Waals surface area contributed by atoms with Gasteiger partial charge >= 0.3 is 0 Å². The van der Waals surface area contributed by atoms with Crippen molar-refractivity contribution in [3.63, 3.8) is 0 Å². The Balaban J connectivity index is 0.000000337. The predicted molar refractivity (Wildman–Crippen MR) is 80.2 cm³/mol. The van der Waals surface area contributed by atoms with E-state index in [0.29, 0.717) is 16.8 Å². The number of rotatable bonds is 0. The molecule has 0 unspecified atom stereocenters. The fourth-order valence-corrected chi connectivity index (χ4v) is 1.26. The molecule has 0 atom stereocenters. The minimum Gasteiger partial charge on any atom is -0.219 e. The van der Waals surface area contributed by atoms with Gasteiger partial charge in [0.15, 0.2) is 5.65 Å². The van der Waals surface area contributed by atoms with Crippen LogP contribution in [-0.4, -0.2) is 24.1 Å². The van der Waals surface area contributed by atoms with Crippen LogP contribution in [0.25, 0.3) is 5.65 Å². The minimum atomic E-state index is 0.310. The van der Waals surface area contributed by atoms with Crippen LogP contribution < -0.4 is 0 Å². The molecule has 0 spiro atoms. The van der Waals surface area contributed by atoms with Crippen molar-refractivity contribution in [3.05, 3.63) is 23.4 Å². The molecule has 6 heteroatoms. The lowest BCUT2D eigenvalue weighted by Gasteiger charge is -1.98. The van der Waals surface area contributed by atoms with Crippen LogP contribution in [0, 0.1) is 20.8 Å². The highest BCUT2D eigenvalue weighted by atomic mass is 128. The second kappa shape index (κ2) is 5.83. The van der Waals surface area contributed by atoms with Crippen molar-refractivity contribution in [3.8, 4) is 0 Å². The monoisotopic (exact) mass is 430 g/mol. The second-order valence-corrected chi connectivity index (χ2v) is 7.43. The number of nitrogens with zero attached hydrogens (tertiary/aromatic N) is 4. The van der Waals surface area contributed by atoms with Gasteiger partial charge in [-0.05, 0) is 39.4 Å². The van der Waals surface area contributed by atoms with Gasteiger partial charge in [-0.15, -0.1) is 0 Å². The zero-order valence-corrected chi connectivity index (χ0v) is 13.1. The summed E-state index contributed by atoms with van der Waals surface area (Å²) in [6.07, 6.45) is 1.80. The molecule has 0 aliphatic rings. The van der Waals surface area contributed by atoms with Gasteiger partial charge in [0.25, 0.3) is 0 Å². The third-order valence-corrected chi connectivity index (χ3v) is 1.82. The van der Waals surface area contributed by atoms with Crippen molar-refractivity contribution >= 4 is 45.5 Å². The topological polar surface area (TPSA) is 43.1 Å². The van der Waals surface area contributed by atoms with Crippen LogP contribution in [0.5, 0.6) is 0 Å². The number of fused-ring (bicyclic) bond motifs is 1. The van der Waals surface area contributed by atoms with Crippen LogP contribution in [0.15, 0.2) is 6.20 Å². The van der Waals surface area contributed by atoms with Gasteiger partial charge in [-0.25, -0.2) is 14.5 Å². The van der Waals surface area contributed by atoms with Crippen LogP contribution >= 0.6 is 35.4 Å². The summed E-state index contributed by atoms with van der Waals surface area (Å²) in [5.41, 5.74) is 1.99. The number of aromatic nitrogens is 4. The van der Waals surface area contributed by atoms with Crippen molar-refractivity contribution in [2.24, 2.45) is 0 Å². The van der Waals surface area contributed by atoms with E-state index in [1.165, 1.54) is 0 Å². The molecule has 0 bridgehead atoms. The first-order chi connectivity index (χ1) is 7.10. The Hall–Kier alpha value is -0.120. The number of halogens is 2. The third kappa shape index (κ3) is 3.16. The Morgan fingerprint density at radius 2 is 1.93 bits per heavy atom. The molecule has 0 fully saturated rings. The highest BCUT2D eigenvalue weighted by molar-refractivity contribution is 15.0. The van der Waals surface area contributed by atoms with Crippen LogP contribution in [0.2, 0.25) is 0 Å². The largest absolute Gasteiger partial charge is 0.219 e. The van der Waals surface area contributed by atoms with Crippen LogP contribution in [0.3, 0.4) is 0 Å². The number of hydrogen-bond donors (Lipinski definition) is 0. The number of hydrogen-bond acceptors (Lipinski definition) is 3. The van der Waals surface area contributed by atoms with Gasteiger partial charge in [-0.1, -0.05) is 21.3 Å². The molecule has 82 valence electrons. The van der Waals surface area contributed by atoms with E-state index in [2.05, 4.69) is 38.2 Å². The predicted octanol–water partition coefficient (Wildman–Crippen LogP) is 2.79. The quantitative estimate of drug-likeness (QED) is 0.605. The molecule has 2 aromatic rings. The van der Waals surface area contributed by atoms with E-state index in [0.717, 1.165) is 22.9 Å². The maximum Gasteiger partial charge on any atom is 0.162 e. The standard InChI is InChI=1S/C8H10N4.CH2I2/c1-5-4-9-12-7(3)10-6(2)11-8(5)12;1-3-2/h4H,1-3H3;1H2. The molecule has 2 heterocycles. The molecular formula is C9H12I2N4. The Kier molecular flexibility index (Phi) is 5.03. The molecule has 0 N–H and O–H groups in total. The first kappa shape index (κ1) is 12.9. The lowest BCUT2D eigenvalue weighted by molar-refractivity contribution is 0.817. The summed E-state index contributed by atoms with van der Waals surface area (Å²) < 4.78 is 5.34. The van der Waals surface area contributed by atoms with Crippen molar-refractivity contribution in [2.45, 2.75) is 20.8 Å². The Morgan fingerprint density at radius 3 is 2.53 bits per heavy atom. The lowest BCUT2D eigenvalue weighted by atomic mass is 10.4. The normalized spacial score (nSPS) is 9.87. The summed E-state index contributed by atoms with van der Waals surface area (Å²) in [7, 11) is 0. The highest BCUT2D eigenvalue weighted by Crippen LogP contribution is 2.07. The average Bonchev–Trinajstić information content (AvgIpc) is 2.49. The smallest absolute Gasteiger partial charge is 0.162 e. The van der Waals surface area contributed by atoms with E-state index in [1.54, 1.807) is 10.7 Å². The molecule has 2 aromatic heterocycles. The van der Waals surface area contributed by atoms with Crippen LogP contribution in [0.1, 0.15) is 17.2 Å². The fraction of sp³-hybridized carbons (Fsp3) is 0.333. The van der Waals surface area contributed by atoms with Crippen molar-refractivity contribution < 1.29 is 0 Å². The van der Waals surface area contributed by atoms with Gasteiger partial charge in [0.2, 0.25) is 0 Å². The molecule has 0 aliphatic heterocycles. The summed E-state index contributed by atoms with van der Waals surface area (Å²) in [4.78, 5) is 8.49. The Labute approximate surface area is 108 Å². The van der Waals surface area contributed by atoms with E-state index in [9.17, 15) is 0 Å². The zero-order valence-electron chi connectivity index (χ0n) is 8.83. The van der Waals surface area contributed by atoms with E-state index in [-0.39, 0.29) is 0 Å². The maximum atomic E-state index is 4.29. The van der Waals surface area contributed by atoms with Crippen LogP contribution in [-0.2, 0) is 0 Å². The minimum absolute atomic E-state index is 0.310. The van der Waals surface area contributed by atoms with Crippen LogP contribution in [0.4, 0.5) is 0 Å². The Bertz CT molecular complexity index is 478. The molecule has 15 heavy (non-hydrogen) atoms. The van der Waals surface area contributed by atoms with Gasteiger partial charge in [0.05, 0.1) is 6.20 Å². The summed E-state index contributed by atoms with van der Waals surface area (Å²) in [5, 5.41) is 4.15. The molecular weight excluding hydrogens is 418 g/mol. The van der Waals surface area contributed by atoms with Gasteiger partial charge in [-0.2, -0.15) is 5.10 Å². The number of aryl methyl sites for hydroxylation is 3. The van der Waals surface area contributed by atoms with Gasteiger partial charge in [0, 0.05) is 5.56 Å². The van der Waals surface area contributed by atoms with E-state index in [4.69, 9.17) is 0 Å². The summed E-state index contributed by atoms with van der Waals surface area (Å²) in [6, 6.07) is 0. The fourth-order valence-electron chi connectivity index (χ4n) is 1.26. The molecule has 0 radical (unpaired) electrons. The SMILES string of the molecule is C=II.Cc1nc(C)n2ncc(C)c2n1. The maximum absolute atomic E-state index is 4.29. The second-order valence-electron chi connectivity index (χ2n) is 2.98. The van der Waals surface area contributed by atoms with E-state index >= 15 is 0 Å². The third-order valence-electron chi connectivity index (χ3n) is 1.82. The molecule has 0 aromatic carbocycles. The van der Waals surface area contributed by atoms with Gasteiger partial charge < -0.3 is 0 Å². The summed E-state index contributed by atoms with van der Waals surface area (Å²) in [6.45, 7) is 5.81. The van der Waals surface area contributed by atoms with Gasteiger partial charge in [-0.3, -0.25) is 0 Å². The molecule has 0 amide bonds.